The zero-order valence-corrected chi connectivity index (χ0v) is 17.7. The van der Waals surface area contributed by atoms with E-state index in [0.717, 1.165) is 4.68 Å². The van der Waals surface area contributed by atoms with Gasteiger partial charge in [0.2, 0.25) is 11.6 Å². The summed E-state index contributed by atoms with van der Waals surface area (Å²) in [5.41, 5.74) is 0.0242. The quantitative estimate of drug-likeness (QED) is 0.425. The van der Waals surface area contributed by atoms with E-state index in [0.29, 0.717) is 11.5 Å². The van der Waals surface area contributed by atoms with Crippen molar-refractivity contribution in [3.63, 3.8) is 0 Å². The molecule has 0 aliphatic heterocycles. The van der Waals surface area contributed by atoms with E-state index in [1.165, 1.54) is 37.1 Å². The van der Waals surface area contributed by atoms with Gasteiger partial charge in [0, 0.05) is 18.5 Å². The molecule has 0 fully saturated rings. The number of ether oxygens (including phenoxy) is 3. The van der Waals surface area contributed by atoms with Gasteiger partial charge in [-0.2, -0.15) is 0 Å². The first-order chi connectivity index (χ1) is 16.0. The lowest BCUT2D eigenvalue weighted by Gasteiger charge is -2.09. The standard InChI is InChI=1S/C22H19N5O6/c1-31-14-6-5-7-15(12-14)33-20-19-25-27(22(30)26(19)11-10-23-20)13-18(28)24-17-9-4-3-8-16(17)21(29)32-2/h3-12H,13H2,1-2H3,(H,24,28). The van der Waals surface area contributed by atoms with E-state index < -0.39 is 24.1 Å². The molecule has 4 rings (SSSR count). The molecule has 11 heteroatoms. The maximum absolute atomic E-state index is 12.7. The number of carbonyl (C=O) groups is 2. The number of fused-ring (bicyclic) bond motifs is 1. The Kier molecular flexibility index (Phi) is 6.02. The summed E-state index contributed by atoms with van der Waals surface area (Å²) in [6.07, 6.45) is 2.81. The van der Waals surface area contributed by atoms with Crippen LogP contribution < -0.4 is 20.5 Å². The summed E-state index contributed by atoms with van der Waals surface area (Å²) in [6, 6.07) is 13.2. The third-order valence-electron chi connectivity index (χ3n) is 4.62. The van der Waals surface area contributed by atoms with E-state index >= 15 is 0 Å². The Bertz CT molecular complexity index is 1390. The predicted octanol–water partition coefficient (Wildman–Crippen LogP) is 2.12. The molecule has 0 radical (unpaired) electrons. The number of hydrogen-bond acceptors (Lipinski definition) is 8. The van der Waals surface area contributed by atoms with Crippen LogP contribution in [0.25, 0.3) is 5.65 Å². The lowest BCUT2D eigenvalue weighted by molar-refractivity contribution is -0.117. The summed E-state index contributed by atoms with van der Waals surface area (Å²) < 4.78 is 17.9. The van der Waals surface area contributed by atoms with Crippen LogP contribution in [0.2, 0.25) is 0 Å². The van der Waals surface area contributed by atoms with Gasteiger partial charge in [0.05, 0.1) is 25.5 Å². The maximum Gasteiger partial charge on any atom is 0.351 e. The molecule has 0 saturated carbocycles. The van der Waals surface area contributed by atoms with Crippen LogP contribution in [0.3, 0.4) is 0 Å². The van der Waals surface area contributed by atoms with E-state index in [9.17, 15) is 14.4 Å². The van der Waals surface area contributed by atoms with Gasteiger partial charge < -0.3 is 19.5 Å². The van der Waals surface area contributed by atoms with Crippen molar-refractivity contribution < 1.29 is 23.8 Å². The zero-order chi connectivity index (χ0) is 23.4. The molecule has 2 aromatic heterocycles. The fourth-order valence-corrected chi connectivity index (χ4v) is 3.08. The molecule has 1 amide bonds. The van der Waals surface area contributed by atoms with Crippen LogP contribution in [-0.2, 0) is 16.1 Å². The molecule has 0 atom stereocenters. The summed E-state index contributed by atoms with van der Waals surface area (Å²) in [5.74, 6) is -0.0419. The Hall–Kier alpha value is -4.67. The number of aromatic nitrogens is 4. The monoisotopic (exact) mass is 449 g/mol. The van der Waals surface area contributed by atoms with Gasteiger partial charge in [0.25, 0.3) is 5.88 Å². The van der Waals surface area contributed by atoms with Crippen LogP contribution in [0.1, 0.15) is 10.4 Å². The van der Waals surface area contributed by atoms with E-state index in [4.69, 9.17) is 14.2 Å². The summed E-state index contributed by atoms with van der Waals surface area (Å²) in [6.45, 7) is -0.394. The van der Waals surface area contributed by atoms with Gasteiger partial charge in [0.15, 0.2) is 0 Å². The van der Waals surface area contributed by atoms with Crippen molar-refractivity contribution in [2.45, 2.75) is 6.54 Å². The van der Waals surface area contributed by atoms with Gasteiger partial charge in [-0.1, -0.05) is 18.2 Å². The second kappa shape index (κ2) is 9.22. The van der Waals surface area contributed by atoms with Crippen molar-refractivity contribution >= 4 is 23.2 Å². The highest BCUT2D eigenvalue weighted by Gasteiger charge is 2.18. The minimum absolute atomic E-state index is 0.0815. The summed E-state index contributed by atoms with van der Waals surface area (Å²) in [5, 5.41) is 6.81. The van der Waals surface area contributed by atoms with Crippen molar-refractivity contribution in [2.75, 3.05) is 19.5 Å². The molecule has 168 valence electrons. The first-order valence-electron chi connectivity index (χ1n) is 9.73. The number of nitrogens with zero attached hydrogens (tertiary/aromatic N) is 4. The normalized spacial score (nSPS) is 10.6. The molecule has 11 nitrogen and oxygen atoms in total. The second-order valence-corrected chi connectivity index (χ2v) is 6.73. The topological polar surface area (TPSA) is 126 Å². The molecule has 0 aliphatic rings. The van der Waals surface area contributed by atoms with Crippen LogP contribution in [-0.4, -0.2) is 45.3 Å². The molecular weight excluding hydrogens is 430 g/mol. The number of carbonyl (C=O) groups excluding carboxylic acids is 2. The Balaban J connectivity index is 1.59. The molecule has 0 aliphatic carbocycles. The van der Waals surface area contributed by atoms with E-state index in [-0.39, 0.29) is 22.8 Å². The number of nitrogens with one attached hydrogen (secondary N) is 1. The highest BCUT2D eigenvalue weighted by molar-refractivity contribution is 6.01. The summed E-state index contributed by atoms with van der Waals surface area (Å²) in [7, 11) is 2.78. The summed E-state index contributed by atoms with van der Waals surface area (Å²) >= 11 is 0. The average Bonchev–Trinajstić information content (AvgIpc) is 3.15. The Labute approximate surface area is 187 Å². The van der Waals surface area contributed by atoms with Crippen LogP contribution in [0.5, 0.6) is 17.4 Å². The van der Waals surface area contributed by atoms with Crippen LogP contribution >= 0.6 is 0 Å². The van der Waals surface area contributed by atoms with Crippen molar-refractivity contribution in [1.29, 1.82) is 0 Å². The van der Waals surface area contributed by atoms with E-state index in [1.807, 2.05) is 0 Å². The molecular formula is C22H19N5O6. The van der Waals surface area contributed by atoms with Gasteiger partial charge in [0.1, 0.15) is 18.0 Å². The number of methoxy groups -OCH3 is 2. The number of amides is 1. The first kappa shape index (κ1) is 21.6. The number of anilines is 1. The third kappa shape index (κ3) is 4.51. The van der Waals surface area contributed by atoms with Crippen molar-refractivity contribution in [2.24, 2.45) is 0 Å². The van der Waals surface area contributed by atoms with Crippen molar-refractivity contribution in [3.05, 3.63) is 77.0 Å². The molecule has 0 spiro atoms. The Morgan fingerprint density at radius 3 is 2.64 bits per heavy atom. The number of esters is 1. The number of rotatable bonds is 7. The minimum Gasteiger partial charge on any atom is -0.497 e. The molecule has 0 bridgehead atoms. The molecule has 1 N–H and O–H groups in total. The number of hydrogen-bond donors (Lipinski definition) is 1. The molecule has 0 saturated heterocycles. The highest BCUT2D eigenvalue weighted by Crippen LogP contribution is 2.25. The maximum atomic E-state index is 12.7. The zero-order valence-electron chi connectivity index (χ0n) is 17.7. The Morgan fingerprint density at radius 2 is 1.85 bits per heavy atom. The number of benzene rings is 2. The Morgan fingerprint density at radius 1 is 1.06 bits per heavy atom. The smallest absolute Gasteiger partial charge is 0.351 e. The predicted molar refractivity (Wildman–Crippen MR) is 117 cm³/mol. The molecule has 2 aromatic carbocycles. The second-order valence-electron chi connectivity index (χ2n) is 6.73. The molecule has 33 heavy (non-hydrogen) atoms. The van der Waals surface area contributed by atoms with Gasteiger partial charge >= 0.3 is 11.7 Å². The highest BCUT2D eigenvalue weighted by atomic mass is 16.5. The molecule has 2 heterocycles. The van der Waals surface area contributed by atoms with E-state index in [1.54, 1.807) is 42.5 Å². The van der Waals surface area contributed by atoms with Gasteiger partial charge in [-0.3, -0.25) is 4.79 Å². The van der Waals surface area contributed by atoms with Crippen LogP contribution in [0, 0.1) is 0 Å². The van der Waals surface area contributed by atoms with Crippen LogP contribution in [0.15, 0.2) is 65.7 Å². The molecule has 4 aromatic rings. The SMILES string of the molecule is COC(=O)c1ccccc1NC(=O)Cn1nc2c(Oc3cccc(OC)c3)nccn2c1=O. The fraction of sp³-hybridized carbons (Fsp3) is 0.136. The van der Waals surface area contributed by atoms with Crippen molar-refractivity contribution in [1.82, 2.24) is 19.2 Å². The van der Waals surface area contributed by atoms with Crippen LogP contribution in [0.4, 0.5) is 5.69 Å². The van der Waals surface area contributed by atoms with Gasteiger partial charge in [-0.15, -0.1) is 5.10 Å². The lowest BCUT2D eigenvalue weighted by Crippen LogP contribution is -2.28. The minimum atomic E-state index is -0.596. The van der Waals surface area contributed by atoms with E-state index in [2.05, 4.69) is 15.4 Å². The van der Waals surface area contributed by atoms with Gasteiger partial charge in [-0.05, 0) is 24.3 Å². The lowest BCUT2D eigenvalue weighted by atomic mass is 10.2. The first-order valence-corrected chi connectivity index (χ1v) is 9.73. The number of para-hydroxylation sites is 1. The van der Waals surface area contributed by atoms with Crippen molar-refractivity contribution in [3.8, 4) is 17.4 Å². The molecule has 0 unspecified atom stereocenters. The average molecular weight is 449 g/mol. The van der Waals surface area contributed by atoms with Gasteiger partial charge in [-0.25, -0.2) is 23.7 Å². The summed E-state index contributed by atoms with van der Waals surface area (Å²) in [4.78, 5) is 41.4. The largest absolute Gasteiger partial charge is 0.497 e. The third-order valence-corrected chi connectivity index (χ3v) is 4.62. The fourth-order valence-electron chi connectivity index (χ4n) is 3.08.